The molecule has 1 amide bonds. The van der Waals surface area contributed by atoms with Crippen molar-refractivity contribution in [2.45, 2.75) is 38.3 Å². The summed E-state index contributed by atoms with van der Waals surface area (Å²) in [5.74, 6) is 0.340. The molecule has 1 saturated heterocycles. The molecule has 1 aromatic rings. The van der Waals surface area contributed by atoms with Crippen molar-refractivity contribution in [1.82, 2.24) is 9.80 Å². The van der Waals surface area contributed by atoms with Gasteiger partial charge in [-0.2, -0.15) is 0 Å². The summed E-state index contributed by atoms with van der Waals surface area (Å²) in [5.41, 5.74) is 2.44. The number of likely N-dealkylation sites (tertiary alicyclic amines) is 1. The zero-order valence-electron chi connectivity index (χ0n) is 14.8. The number of β-amino-alcohol motifs (C(OH)–C–C–N with tert-alkyl or cyclic N) is 1. The third-order valence-corrected chi connectivity index (χ3v) is 5.48. The highest BCUT2D eigenvalue weighted by Crippen LogP contribution is 2.44. The van der Waals surface area contributed by atoms with E-state index in [0.717, 1.165) is 32.4 Å². The van der Waals surface area contributed by atoms with Crippen molar-refractivity contribution < 1.29 is 15.0 Å². The number of nitrogens with zero attached hydrogens (tertiary/aromatic N) is 2. The van der Waals surface area contributed by atoms with E-state index in [0.29, 0.717) is 12.5 Å². The number of amides is 1. The monoisotopic (exact) mass is 344 g/mol. The van der Waals surface area contributed by atoms with Crippen LogP contribution in [0.15, 0.2) is 35.9 Å². The van der Waals surface area contributed by atoms with Gasteiger partial charge in [-0.25, -0.2) is 4.79 Å². The maximum Gasteiger partial charge on any atom is 0.407 e. The Kier molecular flexibility index (Phi) is 5.76. The summed E-state index contributed by atoms with van der Waals surface area (Å²) in [6.07, 6.45) is 4.03. The normalized spacial score (nSPS) is 25.0. The van der Waals surface area contributed by atoms with Gasteiger partial charge in [-0.15, -0.1) is 0 Å². The lowest BCUT2D eigenvalue weighted by Crippen LogP contribution is -2.48. The van der Waals surface area contributed by atoms with Gasteiger partial charge >= 0.3 is 6.09 Å². The Morgan fingerprint density at radius 1 is 1.28 bits per heavy atom. The third-order valence-electron chi connectivity index (χ3n) is 5.48. The van der Waals surface area contributed by atoms with Crippen LogP contribution in [0.3, 0.4) is 0 Å². The molecular formula is C20H28N2O3. The van der Waals surface area contributed by atoms with Gasteiger partial charge in [0.05, 0.1) is 6.61 Å². The van der Waals surface area contributed by atoms with Gasteiger partial charge in [0.15, 0.2) is 0 Å². The second-order valence-electron chi connectivity index (χ2n) is 7.19. The minimum absolute atomic E-state index is 0.104. The Hall–Kier alpha value is -1.85. The lowest BCUT2D eigenvalue weighted by atomic mass is 10.0. The average molecular weight is 344 g/mol. The van der Waals surface area contributed by atoms with Crippen LogP contribution >= 0.6 is 0 Å². The molecule has 25 heavy (non-hydrogen) atoms. The van der Waals surface area contributed by atoms with E-state index in [4.69, 9.17) is 5.11 Å². The quantitative estimate of drug-likeness (QED) is 0.833. The van der Waals surface area contributed by atoms with Crippen LogP contribution in [0.1, 0.15) is 31.7 Å². The number of aliphatic hydroxyl groups is 1. The number of benzene rings is 1. The maximum atomic E-state index is 11.9. The molecule has 1 aromatic carbocycles. The lowest BCUT2D eigenvalue weighted by molar-refractivity contribution is 0.0787. The molecule has 0 radical (unpaired) electrons. The van der Waals surface area contributed by atoms with Crippen molar-refractivity contribution >= 4 is 12.2 Å². The second-order valence-corrected chi connectivity index (χ2v) is 7.19. The first-order chi connectivity index (χ1) is 12.1. The first kappa shape index (κ1) is 18.0. The molecular weight excluding hydrogens is 316 g/mol. The number of carboxylic acid groups (broad SMARTS) is 1. The van der Waals surface area contributed by atoms with Crippen molar-refractivity contribution in [2.75, 3.05) is 26.2 Å². The zero-order valence-corrected chi connectivity index (χ0v) is 14.8. The van der Waals surface area contributed by atoms with Crippen LogP contribution in [-0.4, -0.2) is 64.4 Å². The summed E-state index contributed by atoms with van der Waals surface area (Å²) >= 11 is 0. The molecule has 2 fully saturated rings. The van der Waals surface area contributed by atoms with Crippen molar-refractivity contribution in [2.24, 2.45) is 5.92 Å². The highest BCUT2D eigenvalue weighted by Gasteiger charge is 2.47. The molecule has 5 nitrogen and oxygen atoms in total. The van der Waals surface area contributed by atoms with Crippen LogP contribution in [-0.2, 0) is 0 Å². The van der Waals surface area contributed by atoms with Gasteiger partial charge in [0.2, 0.25) is 0 Å². The van der Waals surface area contributed by atoms with Gasteiger partial charge in [-0.1, -0.05) is 42.0 Å². The molecule has 2 aliphatic rings. The van der Waals surface area contributed by atoms with E-state index in [1.807, 2.05) is 18.2 Å². The fourth-order valence-electron chi connectivity index (χ4n) is 4.03. The van der Waals surface area contributed by atoms with Crippen molar-refractivity contribution in [1.29, 1.82) is 0 Å². The fraction of sp³-hybridized carbons (Fsp3) is 0.550. The van der Waals surface area contributed by atoms with Crippen LogP contribution in [0.2, 0.25) is 0 Å². The summed E-state index contributed by atoms with van der Waals surface area (Å²) in [4.78, 5) is 15.8. The molecule has 1 heterocycles. The molecule has 136 valence electrons. The topological polar surface area (TPSA) is 64.0 Å². The molecule has 3 rings (SSSR count). The molecule has 0 spiro atoms. The van der Waals surface area contributed by atoms with E-state index in [1.54, 1.807) is 4.90 Å². The van der Waals surface area contributed by atoms with E-state index in [2.05, 4.69) is 30.0 Å². The number of hydrogen-bond donors (Lipinski definition) is 2. The Labute approximate surface area is 149 Å². The molecule has 2 N–H and O–H groups in total. The summed E-state index contributed by atoms with van der Waals surface area (Å²) < 4.78 is 0. The van der Waals surface area contributed by atoms with Crippen molar-refractivity contribution in [3.8, 4) is 0 Å². The first-order valence-corrected chi connectivity index (χ1v) is 9.18. The second kappa shape index (κ2) is 8.02. The smallest absolute Gasteiger partial charge is 0.407 e. The highest BCUT2D eigenvalue weighted by atomic mass is 16.4. The first-order valence-electron chi connectivity index (χ1n) is 9.18. The lowest BCUT2D eigenvalue weighted by Gasteiger charge is -2.37. The number of carbonyl (C=O) groups is 1. The minimum Gasteiger partial charge on any atom is -0.465 e. The summed E-state index contributed by atoms with van der Waals surface area (Å²) in [6, 6.07) is 10.4. The summed E-state index contributed by atoms with van der Waals surface area (Å²) in [5, 5.41) is 18.8. The maximum absolute atomic E-state index is 11.9. The Morgan fingerprint density at radius 2 is 1.96 bits per heavy atom. The third kappa shape index (κ3) is 4.41. The summed E-state index contributed by atoms with van der Waals surface area (Å²) in [6.45, 7) is 4.70. The molecule has 2 atom stereocenters. The highest BCUT2D eigenvalue weighted by molar-refractivity contribution is 5.67. The van der Waals surface area contributed by atoms with Gasteiger partial charge in [0.25, 0.3) is 0 Å². The number of hydrogen-bond acceptors (Lipinski definition) is 3. The predicted octanol–water partition coefficient (Wildman–Crippen LogP) is 2.92. The van der Waals surface area contributed by atoms with Gasteiger partial charge in [0.1, 0.15) is 0 Å². The molecule has 0 bridgehead atoms. The van der Waals surface area contributed by atoms with Gasteiger partial charge in [0, 0.05) is 37.6 Å². The molecule has 2 unspecified atom stereocenters. The van der Waals surface area contributed by atoms with E-state index in [-0.39, 0.29) is 18.7 Å². The van der Waals surface area contributed by atoms with Crippen LogP contribution in [0.4, 0.5) is 4.79 Å². The molecule has 1 aliphatic heterocycles. The van der Waals surface area contributed by atoms with Crippen LogP contribution in [0, 0.1) is 5.92 Å². The zero-order chi connectivity index (χ0) is 17.8. The van der Waals surface area contributed by atoms with Crippen LogP contribution < -0.4 is 0 Å². The van der Waals surface area contributed by atoms with Gasteiger partial charge < -0.3 is 20.0 Å². The van der Waals surface area contributed by atoms with Gasteiger partial charge in [-0.3, -0.25) is 0 Å². The Balaban J connectivity index is 1.62. The Bertz CT molecular complexity index is 609. The summed E-state index contributed by atoms with van der Waals surface area (Å²) in [7, 11) is 0. The molecule has 1 saturated carbocycles. The average Bonchev–Trinajstić information content (AvgIpc) is 3.38. The van der Waals surface area contributed by atoms with E-state index < -0.39 is 6.09 Å². The number of piperidine rings is 1. The number of rotatable bonds is 6. The molecule has 0 aromatic heterocycles. The van der Waals surface area contributed by atoms with E-state index in [9.17, 15) is 9.90 Å². The van der Waals surface area contributed by atoms with E-state index in [1.165, 1.54) is 11.1 Å². The van der Waals surface area contributed by atoms with Crippen molar-refractivity contribution in [3.05, 3.63) is 41.5 Å². The van der Waals surface area contributed by atoms with E-state index >= 15 is 0 Å². The predicted molar refractivity (Wildman–Crippen MR) is 98.4 cm³/mol. The molecule has 1 aliphatic carbocycles. The van der Waals surface area contributed by atoms with Crippen LogP contribution in [0.25, 0.3) is 6.08 Å². The SMILES string of the molecule is C/C(=C\c1ccccc1)C1CC1N(C(=O)O)C1CCN(CCO)CC1. The standard InChI is InChI=1S/C20H28N2O3/c1-15(13-16-5-3-2-4-6-16)18-14-19(18)22(20(24)25)17-7-9-21(10-8-17)11-12-23/h2-6,13,17-19,23H,7-12,14H2,1H3,(H,24,25)/b15-13+. The largest absolute Gasteiger partial charge is 0.465 e. The van der Waals surface area contributed by atoms with Crippen LogP contribution in [0.5, 0.6) is 0 Å². The fourth-order valence-corrected chi connectivity index (χ4v) is 4.03. The molecule has 5 heteroatoms. The van der Waals surface area contributed by atoms with Gasteiger partial charge in [-0.05, 0) is 31.7 Å². The number of aliphatic hydroxyl groups excluding tert-OH is 1. The van der Waals surface area contributed by atoms with Crippen molar-refractivity contribution in [3.63, 3.8) is 0 Å². The Morgan fingerprint density at radius 3 is 2.56 bits per heavy atom. The minimum atomic E-state index is -0.791.